The minimum atomic E-state index is 0.0475. The van der Waals surface area contributed by atoms with Crippen LogP contribution in [0.1, 0.15) is 45.4 Å². The van der Waals surface area contributed by atoms with Crippen LogP contribution in [0.5, 0.6) is 0 Å². The van der Waals surface area contributed by atoms with Crippen LogP contribution in [-0.2, 0) is 4.79 Å². The van der Waals surface area contributed by atoms with E-state index in [4.69, 9.17) is 5.73 Å². The fraction of sp³-hybridized carbons (Fsp3) is 0.917. The van der Waals surface area contributed by atoms with Crippen molar-refractivity contribution in [1.29, 1.82) is 0 Å². The van der Waals surface area contributed by atoms with Gasteiger partial charge in [0.1, 0.15) is 0 Å². The first-order valence-electron chi connectivity index (χ1n) is 6.13. The quantitative estimate of drug-likeness (QED) is 0.729. The summed E-state index contributed by atoms with van der Waals surface area (Å²) in [5.74, 6) is 0.962. The van der Waals surface area contributed by atoms with Crippen LogP contribution in [0.25, 0.3) is 0 Å². The highest BCUT2D eigenvalue weighted by Crippen LogP contribution is 2.26. The first-order chi connectivity index (χ1) is 7.13. The maximum absolute atomic E-state index is 11.7. The summed E-state index contributed by atoms with van der Waals surface area (Å²) in [4.78, 5) is 13.6. The molecule has 0 radical (unpaired) electrons. The van der Waals surface area contributed by atoms with E-state index in [2.05, 4.69) is 6.92 Å². The van der Waals surface area contributed by atoms with Crippen LogP contribution in [0, 0.1) is 5.92 Å². The first kappa shape index (κ1) is 12.5. The van der Waals surface area contributed by atoms with Gasteiger partial charge in [-0.1, -0.05) is 19.8 Å². The number of carbonyl (C=O) groups excluding carboxylic acids is 1. The molecule has 1 aliphatic carbocycles. The second kappa shape index (κ2) is 6.11. The average molecular weight is 212 g/mol. The van der Waals surface area contributed by atoms with Gasteiger partial charge in [0.15, 0.2) is 0 Å². The van der Waals surface area contributed by atoms with E-state index in [1.165, 1.54) is 19.3 Å². The summed E-state index contributed by atoms with van der Waals surface area (Å²) in [5, 5.41) is 0. The van der Waals surface area contributed by atoms with Gasteiger partial charge in [0, 0.05) is 26.1 Å². The molecule has 1 amide bonds. The largest absolute Gasteiger partial charge is 0.345 e. The van der Waals surface area contributed by atoms with E-state index in [0.29, 0.717) is 6.42 Å². The van der Waals surface area contributed by atoms with Gasteiger partial charge in [-0.3, -0.25) is 4.79 Å². The van der Waals surface area contributed by atoms with Gasteiger partial charge in [-0.25, -0.2) is 0 Å². The monoisotopic (exact) mass is 212 g/mol. The fourth-order valence-corrected chi connectivity index (χ4v) is 2.02. The van der Waals surface area contributed by atoms with Crippen molar-refractivity contribution in [3.05, 3.63) is 0 Å². The minimum absolute atomic E-state index is 0.0475. The van der Waals surface area contributed by atoms with Gasteiger partial charge < -0.3 is 10.6 Å². The second-order valence-corrected chi connectivity index (χ2v) is 4.82. The van der Waals surface area contributed by atoms with Gasteiger partial charge in [-0.15, -0.1) is 0 Å². The van der Waals surface area contributed by atoms with Gasteiger partial charge in [0.25, 0.3) is 0 Å². The lowest BCUT2D eigenvalue weighted by Gasteiger charge is -2.30. The number of carbonyl (C=O) groups is 1. The highest BCUT2D eigenvalue weighted by Gasteiger charge is 2.21. The third-order valence-corrected chi connectivity index (χ3v) is 3.28. The van der Waals surface area contributed by atoms with Gasteiger partial charge in [0.05, 0.1) is 0 Å². The molecule has 1 unspecified atom stereocenters. The third kappa shape index (κ3) is 4.20. The highest BCUT2D eigenvalue weighted by molar-refractivity contribution is 5.76. The lowest BCUT2D eigenvalue weighted by atomic mass is 9.85. The third-order valence-electron chi connectivity index (χ3n) is 3.28. The number of nitrogens with two attached hydrogens (primary N) is 1. The Balaban J connectivity index is 2.19. The van der Waals surface area contributed by atoms with Crippen LogP contribution in [0.3, 0.4) is 0 Å². The molecule has 1 rings (SSSR count). The number of nitrogens with zero attached hydrogens (tertiary/aromatic N) is 1. The van der Waals surface area contributed by atoms with E-state index in [9.17, 15) is 4.79 Å². The number of hydrogen-bond acceptors (Lipinski definition) is 2. The molecule has 3 nitrogen and oxygen atoms in total. The molecule has 1 aliphatic rings. The molecule has 1 saturated carbocycles. The minimum Gasteiger partial charge on any atom is -0.345 e. The molecule has 0 spiro atoms. The van der Waals surface area contributed by atoms with Crippen LogP contribution in [0.2, 0.25) is 0 Å². The maximum atomic E-state index is 11.7. The van der Waals surface area contributed by atoms with Crippen LogP contribution >= 0.6 is 0 Å². The maximum Gasteiger partial charge on any atom is 0.223 e. The van der Waals surface area contributed by atoms with E-state index in [-0.39, 0.29) is 11.9 Å². The molecule has 1 fully saturated rings. The van der Waals surface area contributed by atoms with Crippen molar-refractivity contribution in [3.63, 3.8) is 0 Å². The Morgan fingerprint density at radius 1 is 1.53 bits per heavy atom. The molecular weight excluding hydrogens is 188 g/mol. The van der Waals surface area contributed by atoms with Crippen molar-refractivity contribution in [2.45, 2.75) is 51.5 Å². The van der Waals surface area contributed by atoms with Gasteiger partial charge in [0.2, 0.25) is 5.91 Å². The van der Waals surface area contributed by atoms with Gasteiger partial charge in [-0.05, 0) is 25.2 Å². The summed E-state index contributed by atoms with van der Waals surface area (Å²) in [7, 11) is 1.90. The molecule has 0 saturated heterocycles. The molecule has 0 aliphatic heterocycles. The molecule has 1 atom stereocenters. The SMILES string of the molecule is CCCC(N)CC(=O)N(C)CC1CCC1. The summed E-state index contributed by atoms with van der Waals surface area (Å²) in [6.45, 7) is 3.03. The normalized spacial score (nSPS) is 18.3. The van der Waals surface area contributed by atoms with E-state index in [1.54, 1.807) is 0 Å². The summed E-state index contributed by atoms with van der Waals surface area (Å²) in [6, 6.07) is 0.0475. The van der Waals surface area contributed by atoms with Crippen molar-refractivity contribution < 1.29 is 4.79 Å². The van der Waals surface area contributed by atoms with E-state index in [1.807, 2.05) is 11.9 Å². The van der Waals surface area contributed by atoms with Crippen LogP contribution in [0.4, 0.5) is 0 Å². The average Bonchev–Trinajstić information content (AvgIpc) is 2.11. The second-order valence-electron chi connectivity index (χ2n) is 4.82. The highest BCUT2D eigenvalue weighted by atomic mass is 16.2. The van der Waals surface area contributed by atoms with Crippen molar-refractivity contribution in [3.8, 4) is 0 Å². The van der Waals surface area contributed by atoms with E-state index in [0.717, 1.165) is 25.3 Å². The molecule has 0 aromatic rings. The number of rotatable bonds is 6. The molecule has 15 heavy (non-hydrogen) atoms. The summed E-state index contributed by atoms with van der Waals surface area (Å²) in [6.07, 6.45) is 6.43. The zero-order chi connectivity index (χ0) is 11.3. The molecule has 3 heteroatoms. The first-order valence-corrected chi connectivity index (χ1v) is 6.13. The molecule has 0 aromatic heterocycles. The Morgan fingerprint density at radius 3 is 2.67 bits per heavy atom. The van der Waals surface area contributed by atoms with Gasteiger partial charge >= 0.3 is 0 Å². The van der Waals surface area contributed by atoms with E-state index < -0.39 is 0 Å². The van der Waals surface area contributed by atoms with Crippen LogP contribution < -0.4 is 5.73 Å². The standard InChI is InChI=1S/C12H24N2O/c1-3-5-11(13)8-12(15)14(2)9-10-6-4-7-10/h10-11H,3-9,13H2,1-2H3. The lowest BCUT2D eigenvalue weighted by molar-refractivity contribution is -0.131. The zero-order valence-corrected chi connectivity index (χ0v) is 10.0. The molecule has 0 aromatic carbocycles. The predicted molar refractivity (Wildman–Crippen MR) is 62.5 cm³/mol. The molecular formula is C12H24N2O. The Bertz CT molecular complexity index is 202. The predicted octanol–water partition coefficient (Wildman–Crippen LogP) is 1.76. The Hall–Kier alpha value is -0.570. The molecule has 0 heterocycles. The molecule has 88 valence electrons. The van der Waals surface area contributed by atoms with Crippen LogP contribution in [-0.4, -0.2) is 30.4 Å². The summed E-state index contributed by atoms with van der Waals surface area (Å²) in [5.41, 5.74) is 5.85. The van der Waals surface area contributed by atoms with E-state index >= 15 is 0 Å². The Labute approximate surface area is 93.0 Å². The zero-order valence-electron chi connectivity index (χ0n) is 10.0. The van der Waals surface area contributed by atoms with Crippen molar-refractivity contribution in [2.75, 3.05) is 13.6 Å². The van der Waals surface area contributed by atoms with Crippen LogP contribution in [0.15, 0.2) is 0 Å². The smallest absolute Gasteiger partial charge is 0.223 e. The molecule has 2 N–H and O–H groups in total. The molecule has 0 bridgehead atoms. The summed E-state index contributed by atoms with van der Waals surface area (Å²) >= 11 is 0. The topological polar surface area (TPSA) is 46.3 Å². The Morgan fingerprint density at radius 2 is 2.20 bits per heavy atom. The van der Waals surface area contributed by atoms with Gasteiger partial charge in [-0.2, -0.15) is 0 Å². The fourth-order valence-electron chi connectivity index (χ4n) is 2.02. The van der Waals surface area contributed by atoms with Crippen molar-refractivity contribution in [1.82, 2.24) is 4.90 Å². The Kier molecular flexibility index (Phi) is 5.09. The van der Waals surface area contributed by atoms with Crippen molar-refractivity contribution in [2.24, 2.45) is 11.7 Å². The van der Waals surface area contributed by atoms with Crippen molar-refractivity contribution >= 4 is 5.91 Å². The number of amides is 1. The summed E-state index contributed by atoms with van der Waals surface area (Å²) < 4.78 is 0. The lowest BCUT2D eigenvalue weighted by Crippen LogP contribution is -2.37. The number of hydrogen-bond donors (Lipinski definition) is 1.